The van der Waals surface area contributed by atoms with Crippen LogP contribution in [0.2, 0.25) is 0 Å². The molecule has 0 aliphatic heterocycles. The first-order valence-electron chi connectivity index (χ1n) is 3.57. The summed E-state index contributed by atoms with van der Waals surface area (Å²) in [6.07, 6.45) is 0.131. The molecule has 1 rings (SSSR count). The predicted molar refractivity (Wildman–Crippen MR) is 41.7 cm³/mol. The topological polar surface area (TPSA) is 36.7 Å². The standard InChI is InChI=1S/C7H5BF3N2.K/c9-8(10,11)3-6-1-2-7(4-12)13-5-6;/h1-2,5H,3H2;/q-1;+1. The number of halogens is 3. The largest absolute Gasteiger partial charge is 1.00 e. The Morgan fingerprint density at radius 1 is 1.36 bits per heavy atom. The van der Waals surface area contributed by atoms with E-state index in [1.807, 2.05) is 0 Å². The summed E-state index contributed by atoms with van der Waals surface area (Å²) in [5.74, 6) is 0. The van der Waals surface area contributed by atoms with Crippen LogP contribution in [0.1, 0.15) is 11.3 Å². The summed E-state index contributed by atoms with van der Waals surface area (Å²) >= 11 is 0. The first-order chi connectivity index (χ1) is 6.01. The minimum atomic E-state index is -4.82. The molecule has 0 N–H and O–H groups in total. The van der Waals surface area contributed by atoms with E-state index in [2.05, 4.69) is 4.98 Å². The average molecular weight is 224 g/mol. The van der Waals surface area contributed by atoms with Gasteiger partial charge in [-0.15, -0.1) is 0 Å². The van der Waals surface area contributed by atoms with Gasteiger partial charge >= 0.3 is 58.4 Å². The summed E-state index contributed by atoms with van der Waals surface area (Å²) in [6.45, 7) is -4.82. The van der Waals surface area contributed by atoms with Gasteiger partial charge in [0.15, 0.2) is 0 Å². The molecule has 0 unspecified atom stereocenters. The fourth-order valence-corrected chi connectivity index (χ4v) is 0.879. The molecule has 0 aromatic carbocycles. The maximum Gasteiger partial charge on any atom is 1.00 e. The van der Waals surface area contributed by atoms with E-state index in [9.17, 15) is 12.9 Å². The maximum atomic E-state index is 11.9. The van der Waals surface area contributed by atoms with Crippen LogP contribution in [0.25, 0.3) is 0 Å². The Balaban J connectivity index is 0.00000169. The Morgan fingerprint density at radius 3 is 2.36 bits per heavy atom. The van der Waals surface area contributed by atoms with Gasteiger partial charge in [-0.3, -0.25) is 0 Å². The zero-order chi connectivity index (χ0) is 9.90. The van der Waals surface area contributed by atoms with Crippen LogP contribution in [0.3, 0.4) is 0 Å². The molecular formula is C7H5BF3KN2. The van der Waals surface area contributed by atoms with Gasteiger partial charge in [0.1, 0.15) is 11.8 Å². The molecule has 14 heavy (non-hydrogen) atoms. The Bertz CT molecular complexity index is 330. The molecule has 0 aliphatic carbocycles. The predicted octanol–water partition coefficient (Wildman–Crippen LogP) is -1.11. The van der Waals surface area contributed by atoms with Crippen LogP contribution in [0.5, 0.6) is 0 Å². The second-order valence-corrected chi connectivity index (χ2v) is 2.58. The molecule has 0 atom stereocenters. The molecule has 0 radical (unpaired) electrons. The molecule has 2 nitrogen and oxygen atoms in total. The van der Waals surface area contributed by atoms with E-state index in [0.29, 0.717) is 0 Å². The van der Waals surface area contributed by atoms with Crippen molar-refractivity contribution in [3.05, 3.63) is 29.6 Å². The van der Waals surface area contributed by atoms with Gasteiger partial charge in [0, 0.05) is 6.20 Å². The minimum Gasteiger partial charge on any atom is -0.449 e. The van der Waals surface area contributed by atoms with E-state index >= 15 is 0 Å². The van der Waals surface area contributed by atoms with Gasteiger partial charge in [-0.1, -0.05) is 17.9 Å². The summed E-state index contributed by atoms with van der Waals surface area (Å²) in [5.41, 5.74) is 0.213. The fourth-order valence-electron chi connectivity index (χ4n) is 0.879. The number of nitrogens with zero attached hydrogens (tertiary/aromatic N) is 2. The molecule has 0 bridgehead atoms. The third-order valence-electron chi connectivity index (χ3n) is 1.41. The smallest absolute Gasteiger partial charge is 0.449 e. The maximum absolute atomic E-state index is 11.9. The van der Waals surface area contributed by atoms with Crippen molar-refractivity contribution in [1.29, 1.82) is 5.26 Å². The van der Waals surface area contributed by atoms with E-state index in [0.717, 1.165) is 6.20 Å². The number of aromatic nitrogens is 1. The Labute approximate surface area is 122 Å². The Kier molecular flexibility index (Phi) is 5.93. The molecule has 68 valence electrons. The van der Waals surface area contributed by atoms with E-state index in [4.69, 9.17) is 5.26 Å². The first-order valence-corrected chi connectivity index (χ1v) is 3.57. The van der Waals surface area contributed by atoms with Crippen molar-refractivity contribution in [1.82, 2.24) is 4.98 Å². The van der Waals surface area contributed by atoms with Gasteiger partial charge < -0.3 is 12.9 Å². The molecule has 1 aromatic heterocycles. The van der Waals surface area contributed by atoms with Crippen LogP contribution in [0.15, 0.2) is 18.3 Å². The van der Waals surface area contributed by atoms with Crippen molar-refractivity contribution in [2.75, 3.05) is 0 Å². The van der Waals surface area contributed by atoms with Gasteiger partial charge in [-0.25, -0.2) is 4.98 Å². The van der Waals surface area contributed by atoms with Crippen molar-refractivity contribution in [2.24, 2.45) is 0 Å². The van der Waals surface area contributed by atoms with Crippen LogP contribution in [0, 0.1) is 11.3 Å². The second-order valence-electron chi connectivity index (χ2n) is 2.58. The van der Waals surface area contributed by atoms with Crippen molar-refractivity contribution in [3.63, 3.8) is 0 Å². The SMILES string of the molecule is N#Cc1ccc(C[B-](F)(F)F)cn1.[K+]. The molecule has 0 amide bonds. The Hall–Kier alpha value is 0.131. The van der Waals surface area contributed by atoms with E-state index in [1.165, 1.54) is 12.1 Å². The fraction of sp³-hybridized carbons (Fsp3) is 0.143. The van der Waals surface area contributed by atoms with Crippen LogP contribution in [-0.2, 0) is 6.32 Å². The zero-order valence-electron chi connectivity index (χ0n) is 7.54. The molecule has 7 heteroatoms. The number of pyridine rings is 1. The van der Waals surface area contributed by atoms with Crippen LogP contribution < -0.4 is 51.4 Å². The zero-order valence-corrected chi connectivity index (χ0v) is 10.7. The number of nitriles is 1. The molecule has 0 saturated heterocycles. The van der Waals surface area contributed by atoms with Gasteiger partial charge in [0.05, 0.1) is 0 Å². The number of rotatable bonds is 2. The third-order valence-corrected chi connectivity index (χ3v) is 1.41. The van der Waals surface area contributed by atoms with Crippen molar-refractivity contribution in [3.8, 4) is 6.07 Å². The number of hydrogen-bond acceptors (Lipinski definition) is 2. The van der Waals surface area contributed by atoms with Crippen molar-refractivity contribution in [2.45, 2.75) is 6.32 Å². The van der Waals surface area contributed by atoms with E-state index in [1.54, 1.807) is 6.07 Å². The molecule has 0 saturated carbocycles. The quantitative estimate of drug-likeness (QED) is 0.597. The van der Waals surface area contributed by atoms with Crippen LogP contribution in [0.4, 0.5) is 12.9 Å². The molecule has 0 spiro atoms. The number of hydrogen-bond donors (Lipinski definition) is 0. The second kappa shape index (κ2) is 5.88. The third kappa shape index (κ3) is 5.12. The molecule has 0 aliphatic rings. The molecule has 0 fully saturated rings. The van der Waals surface area contributed by atoms with E-state index < -0.39 is 13.3 Å². The first kappa shape index (κ1) is 14.1. The molecule has 1 heterocycles. The average Bonchev–Trinajstić information content (AvgIpc) is 2.03. The summed E-state index contributed by atoms with van der Waals surface area (Å²) < 4.78 is 35.7. The van der Waals surface area contributed by atoms with Crippen LogP contribution >= 0.6 is 0 Å². The minimum absolute atomic E-state index is 0. The van der Waals surface area contributed by atoms with Gasteiger partial charge in [-0.05, 0) is 6.07 Å². The summed E-state index contributed by atoms with van der Waals surface area (Å²) in [6, 6.07) is 4.27. The van der Waals surface area contributed by atoms with Gasteiger partial charge in [-0.2, -0.15) is 5.26 Å². The normalized spacial score (nSPS) is 10.1. The van der Waals surface area contributed by atoms with Crippen molar-refractivity contribution < 1.29 is 64.3 Å². The van der Waals surface area contributed by atoms with Gasteiger partial charge in [0.2, 0.25) is 0 Å². The summed E-state index contributed by atoms with van der Waals surface area (Å²) in [5, 5.41) is 8.33. The monoisotopic (exact) mass is 224 g/mol. The summed E-state index contributed by atoms with van der Waals surface area (Å²) in [4.78, 5) is 3.53. The summed E-state index contributed by atoms with van der Waals surface area (Å²) in [7, 11) is 0. The Morgan fingerprint density at radius 2 is 2.00 bits per heavy atom. The van der Waals surface area contributed by atoms with Crippen molar-refractivity contribution >= 4 is 6.98 Å². The van der Waals surface area contributed by atoms with E-state index in [-0.39, 0.29) is 62.6 Å². The molecule has 1 aromatic rings. The van der Waals surface area contributed by atoms with Gasteiger partial charge in [0.25, 0.3) is 0 Å². The van der Waals surface area contributed by atoms with Crippen LogP contribution in [-0.4, -0.2) is 12.0 Å². The molecular weight excluding hydrogens is 219 g/mol.